The van der Waals surface area contributed by atoms with E-state index in [1.807, 2.05) is 13.8 Å². The summed E-state index contributed by atoms with van der Waals surface area (Å²) < 4.78 is 0. The van der Waals surface area contributed by atoms with Crippen LogP contribution in [0.3, 0.4) is 0 Å². The summed E-state index contributed by atoms with van der Waals surface area (Å²) in [6.07, 6.45) is 1.54. The Morgan fingerprint density at radius 1 is 1.29 bits per heavy atom. The Bertz CT molecular complexity index is 388. The summed E-state index contributed by atoms with van der Waals surface area (Å²) in [7, 11) is 0. The van der Waals surface area contributed by atoms with Gasteiger partial charge < -0.3 is 10.6 Å². The summed E-state index contributed by atoms with van der Waals surface area (Å²) in [5.74, 6) is 0.0368. The number of nitrogens with zero attached hydrogens (tertiary/aromatic N) is 2. The number of hydrogen-bond donors (Lipinski definition) is 3. The highest BCUT2D eigenvalue weighted by Gasteiger charge is 2.12. The Morgan fingerprint density at radius 3 is 2.65 bits per heavy atom. The second-order valence-electron chi connectivity index (χ2n) is 3.49. The second-order valence-corrected chi connectivity index (χ2v) is 3.49. The molecule has 1 aromatic rings. The van der Waals surface area contributed by atoms with Crippen molar-refractivity contribution in [2.45, 2.75) is 26.7 Å². The van der Waals surface area contributed by atoms with Crippen LogP contribution in [0.15, 0.2) is 0 Å². The average Bonchev–Trinajstić information content (AvgIpc) is 2.82. The van der Waals surface area contributed by atoms with Crippen molar-refractivity contribution in [1.82, 2.24) is 25.8 Å². The topological polar surface area (TPSA) is 99.8 Å². The van der Waals surface area contributed by atoms with Crippen molar-refractivity contribution in [2.24, 2.45) is 0 Å². The van der Waals surface area contributed by atoms with Crippen molar-refractivity contribution in [1.29, 1.82) is 0 Å². The molecule has 94 valence electrons. The summed E-state index contributed by atoms with van der Waals surface area (Å²) >= 11 is 0. The quantitative estimate of drug-likeness (QED) is 0.630. The van der Waals surface area contributed by atoms with Gasteiger partial charge in [0.05, 0.1) is 6.54 Å². The number of hydrogen-bond acceptors (Lipinski definition) is 4. The van der Waals surface area contributed by atoms with E-state index in [-0.39, 0.29) is 18.3 Å². The molecule has 0 aromatic carbocycles. The van der Waals surface area contributed by atoms with Crippen molar-refractivity contribution in [3.63, 3.8) is 0 Å². The van der Waals surface area contributed by atoms with Crippen molar-refractivity contribution in [2.75, 3.05) is 13.1 Å². The van der Waals surface area contributed by atoms with Gasteiger partial charge in [-0.25, -0.2) is 4.98 Å². The number of H-pyrrole nitrogens is 1. The molecule has 0 spiro atoms. The van der Waals surface area contributed by atoms with Crippen LogP contribution in [0.2, 0.25) is 0 Å². The molecule has 1 heterocycles. The van der Waals surface area contributed by atoms with Crippen LogP contribution in [-0.2, 0) is 11.2 Å². The molecule has 0 aliphatic carbocycles. The molecular weight excluding hydrogens is 222 g/mol. The second kappa shape index (κ2) is 6.62. The molecule has 1 aromatic heterocycles. The van der Waals surface area contributed by atoms with Crippen molar-refractivity contribution < 1.29 is 9.59 Å². The van der Waals surface area contributed by atoms with E-state index in [2.05, 4.69) is 25.8 Å². The van der Waals surface area contributed by atoms with Crippen LogP contribution in [0.4, 0.5) is 0 Å². The van der Waals surface area contributed by atoms with E-state index >= 15 is 0 Å². The van der Waals surface area contributed by atoms with Gasteiger partial charge in [0, 0.05) is 13.0 Å². The number of aryl methyl sites for hydroxylation is 1. The van der Waals surface area contributed by atoms with Gasteiger partial charge in [-0.2, -0.15) is 0 Å². The molecule has 7 nitrogen and oxygen atoms in total. The lowest BCUT2D eigenvalue weighted by Gasteiger charge is -2.03. The number of aromatic amines is 1. The molecule has 0 aliphatic heterocycles. The lowest BCUT2D eigenvalue weighted by molar-refractivity contribution is -0.120. The van der Waals surface area contributed by atoms with Crippen molar-refractivity contribution in [3.8, 4) is 0 Å². The van der Waals surface area contributed by atoms with E-state index < -0.39 is 5.91 Å². The zero-order valence-corrected chi connectivity index (χ0v) is 10.0. The molecule has 0 fully saturated rings. The van der Waals surface area contributed by atoms with Crippen LogP contribution in [0.5, 0.6) is 0 Å². The minimum Gasteiger partial charge on any atom is -0.355 e. The standard InChI is InChI=1S/C10H17N5O2/c1-3-5-11-8(16)6-12-10(17)9-13-7(4-2)14-15-9/h3-6H2,1-2H3,(H,11,16)(H,12,17)(H,13,14,15). The van der Waals surface area contributed by atoms with Gasteiger partial charge in [-0.1, -0.05) is 13.8 Å². The van der Waals surface area contributed by atoms with E-state index in [0.29, 0.717) is 18.8 Å². The van der Waals surface area contributed by atoms with Crippen LogP contribution in [0.1, 0.15) is 36.7 Å². The zero-order valence-electron chi connectivity index (χ0n) is 10.0. The SMILES string of the molecule is CCCNC(=O)CNC(=O)c1n[nH]c(CC)n1. The van der Waals surface area contributed by atoms with Crippen LogP contribution < -0.4 is 10.6 Å². The van der Waals surface area contributed by atoms with Gasteiger partial charge in [-0.05, 0) is 6.42 Å². The Hall–Kier alpha value is -1.92. The maximum atomic E-state index is 11.5. The Morgan fingerprint density at radius 2 is 2.06 bits per heavy atom. The molecule has 7 heteroatoms. The van der Waals surface area contributed by atoms with Gasteiger partial charge in [-0.15, -0.1) is 5.10 Å². The first-order valence-corrected chi connectivity index (χ1v) is 5.63. The first-order valence-electron chi connectivity index (χ1n) is 5.63. The molecule has 2 amide bonds. The fourth-order valence-electron chi connectivity index (χ4n) is 1.12. The van der Waals surface area contributed by atoms with Crippen molar-refractivity contribution >= 4 is 11.8 Å². The van der Waals surface area contributed by atoms with Gasteiger partial charge >= 0.3 is 0 Å². The molecule has 0 radical (unpaired) electrons. The molecule has 0 saturated heterocycles. The molecule has 0 saturated carbocycles. The van der Waals surface area contributed by atoms with E-state index in [4.69, 9.17) is 0 Å². The molecule has 3 N–H and O–H groups in total. The maximum Gasteiger partial charge on any atom is 0.291 e. The third kappa shape index (κ3) is 4.21. The number of carbonyl (C=O) groups excluding carboxylic acids is 2. The average molecular weight is 239 g/mol. The monoisotopic (exact) mass is 239 g/mol. The predicted octanol–water partition coefficient (Wildman–Crippen LogP) is -0.377. The number of rotatable bonds is 6. The smallest absolute Gasteiger partial charge is 0.291 e. The molecule has 0 aliphatic rings. The van der Waals surface area contributed by atoms with E-state index in [9.17, 15) is 9.59 Å². The van der Waals surface area contributed by atoms with E-state index in [0.717, 1.165) is 6.42 Å². The predicted molar refractivity (Wildman–Crippen MR) is 61.4 cm³/mol. The Kier molecular flexibility index (Phi) is 5.12. The highest BCUT2D eigenvalue weighted by Crippen LogP contribution is 1.92. The van der Waals surface area contributed by atoms with E-state index in [1.165, 1.54) is 0 Å². The van der Waals surface area contributed by atoms with Gasteiger partial charge in [0.25, 0.3) is 5.91 Å². The van der Waals surface area contributed by atoms with Gasteiger partial charge in [-0.3, -0.25) is 14.7 Å². The van der Waals surface area contributed by atoms with Crippen molar-refractivity contribution in [3.05, 3.63) is 11.6 Å². The first kappa shape index (κ1) is 13.1. The molecule has 0 unspecified atom stereocenters. The Labute approximate surface area is 99.4 Å². The lowest BCUT2D eigenvalue weighted by atomic mass is 10.4. The van der Waals surface area contributed by atoms with E-state index in [1.54, 1.807) is 0 Å². The zero-order chi connectivity index (χ0) is 12.7. The summed E-state index contributed by atoms with van der Waals surface area (Å²) in [6.45, 7) is 4.41. The molecule has 0 bridgehead atoms. The molecular formula is C10H17N5O2. The maximum absolute atomic E-state index is 11.5. The minimum atomic E-state index is -0.451. The lowest BCUT2D eigenvalue weighted by Crippen LogP contribution is -2.37. The summed E-state index contributed by atoms with van der Waals surface area (Å²) in [4.78, 5) is 26.7. The van der Waals surface area contributed by atoms with Gasteiger partial charge in [0.2, 0.25) is 11.7 Å². The van der Waals surface area contributed by atoms with Gasteiger partial charge in [0.1, 0.15) is 5.82 Å². The number of amides is 2. The van der Waals surface area contributed by atoms with Crippen LogP contribution in [0.25, 0.3) is 0 Å². The van der Waals surface area contributed by atoms with Crippen LogP contribution in [-0.4, -0.2) is 40.1 Å². The first-order chi connectivity index (χ1) is 8.17. The molecule has 1 rings (SSSR count). The number of carbonyl (C=O) groups is 2. The summed E-state index contributed by atoms with van der Waals surface area (Å²) in [6, 6.07) is 0. The summed E-state index contributed by atoms with van der Waals surface area (Å²) in [5, 5.41) is 11.5. The Balaban J connectivity index is 2.36. The molecule has 17 heavy (non-hydrogen) atoms. The van der Waals surface area contributed by atoms with Gasteiger partial charge in [0.15, 0.2) is 0 Å². The number of nitrogens with one attached hydrogen (secondary N) is 3. The fourth-order valence-corrected chi connectivity index (χ4v) is 1.12. The number of aromatic nitrogens is 3. The third-order valence-corrected chi connectivity index (χ3v) is 2.05. The normalized spacial score (nSPS) is 10.0. The highest BCUT2D eigenvalue weighted by molar-refractivity contribution is 5.93. The minimum absolute atomic E-state index is 0.0603. The highest BCUT2D eigenvalue weighted by atomic mass is 16.2. The molecule has 0 atom stereocenters. The largest absolute Gasteiger partial charge is 0.355 e. The third-order valence-electron chi connectivity index (χ3n) is 2.05. The van der Waals surface area contributed by atoms with Crippen LogP contribution >= 0.6 is 0 Å². The summed E-state index contributed by atoms with van der Waals surface area (Å²) in [5.41, 5.74) is 0. The fraction of sp³-hybridized carbons (Fsp3) is 0.600. The van der Waals surface area contributed by atoms with Crippen LogP contribution in [0, 0.1) is 0 Å².